The van der Waals surface area contributed by atoms with E-state index in [1.807, 2.05) is 0 Å². The van der Waals surface area contributed by atoms with E-state index < -0.39 is 0 Å². The second kappa shape index (κ2) is 6.46. The van der Waals surface area contributed by atoms with Crippen LogP contribution in [-0.4, -0.2) is 18.1 Å². The number of thioether (sulfide) groups is 1. The molecule has 0 aliphatic carbocycles. The average molecular weight is 249 g/mol. The first kappa shape index (κ1) is 13.0. The molecule has 0 bridgehead atoms. The van der Waals surface area contributed by atoms with Crippen LogP contribution in [0.25, 0.3) is 0 Å². The lowest BCUT2D eigenvalue weighted by Gasteiger charge is -2.16. The second-order valence-corrected chi connectivity index (χ2v) is 6.42. The Bertz CT molecular complexity index is 323. The summed E-state index contributed by atoms with van der Waals surface area (Å²) in [5, 5.41) is 3.64. The van der Waals surface area contributed by atoms with Crippen molar-refractivity contribution in [2.75, 3.05) is 18.1 Å². The molecule has 17 heavy (non-hydrogen) atoms. The largest absolute Gasteiger partial charge is 0.309 e. The first-order valence-electron chi connectivity index (χ1n) is 6.65. The highest BCUT2D eigenvalue weighted by Crippen LogP contribution is 2.22. The van der Waals surface area contributed by atoms with E-state index in [1.54, 1.807) is 0 Å². The fourth-order valence-electron chi connectivity index (χ4n) is 2.28. The topological polar surface area (TPSA) is 12.0 Å². The van der Waals surface area contributed by atoms with E-state index in [1.165, 1.54) is 35.5 Å². The van der Waals surface area contributed by atoms with Gasteiger partial charge in [-0.2, -0.15) is 11.8 Å². The first-order valence-corrected chi connectivity index (χ1v) is 7.81. The van der Waals surface area contributed by atoms with Crippen molar-refractivity contribution in [2.45, 2.75) is 32.7 Å². The molecule has 2 rings (SSSR count). The third kappa shape index (κ3) is 4.04. The molecule has 1 aliphatic rings. The Balaban J connectivity index is 2.00. The summed E-state index contributed by atoms with van der Waals surface area (Å²) in [6.45, 7) is 5.71. The molecular formula is C15H23NS. The van der Waals surface area contributed by atoms with Crippen LogP contribution in [0.4, 0.5) is 0 Å². The Labute approximate surface area is 109 Å². The zero-order valence-electron chi connectivity index (χ0n) is 10.9. The van der Waals surface area contributed by atoms with Crippen molar-refractivity contribution < 1.29 is 0 Å². The van der Waals surface area contributed by atoms with Crippen LogP contribution in [0.3, 0.4) is 0 Å². The quantitative estimate of drug-likeness (QED) is 0.877. The molecule has 1 saturated heterocycles. The van der Waals surface area contributed by atoms with Crippen LogP contribution in [0.5, 0.6) is 0 Å². The van der Waals surface area contributed by atoms with Gasteiger partial charge in [0.1, 0.15) is 0 Å². The van der Waals surface area contributed by atoms with Gasteiger partial charge >= 0.3 is 0 Å². The lowest BCUT2D eigenvalue weighted by Crippen LogP contribution is -2.22. The molecule has 2 heteroatoms. The molecule has 0 saturated carbocycles. The van der Waals surface area contributed by atoms with Gasteiger partial charge in [0.15, 0.2) is 0 Å². The molecule has 1 heterocycles. The Kier molecular flexibility index (Phi) is 4.93. The maximum Gasteiger partial charge on any atom is 0.0411 e. The maximum absolute atomic E-state index is 3.64. The summed E-state index contributed by atoms with van der Waals surface area (Å²) in [7, 11) is 0. The van der Waals surface area contributed by atoms with E-state index in [0.29, 0.717) is 6.04 Å². The summed E-state index contributed by atoms with van der Waals surface area (Å²) in [6, 6.07) is 9.76. The van der Waals surface area contributed by atoms with Gasteiger partial charge in [-0.15, -0.1) is 0 Å². The van der Waals surface area contributed by atoms with Crippen molar-refractivity contribution in [3.63, 3.8) is 0 Å². The minimum Gasteiger partial charge on any atom is -0.309 e. The summed E-state index contributed by atoms with van der Waals surface area (Å²) in [5.41, 5.74) is 2.91. The summed E-state index contributed by atoms with van der Waals surface area (Å²) < 4.78 is 0. The molecule has 1 aromatic rings. The third-order valence-electron chi connectivity index (χ3n) is 3.17. The molecule has 1 N–H and O–H groups in total. The van der Waals surface area contributed by atoms with Gasteiger partial charge in [-0.1, -0.05) is 38.1 Å². The molecule has 1 fully saturated rings. The van der Waals surface area contributed by atoms with Crippen LogP contribution >= 0.6 is 11.8 Å². The van der Waals surface area contributed by atoms with Gasteiger partial charge in [0, 0.05) is 11.8 Å². The van der Waals surface area contributed by atoms with Gasteiger partial charge < -0.3 is 5.32 Å². The zero-order valence-corrected chi connectivity index (χ0v) is 11.7. The van der Waals surface area contributed by atoms with E-state index in [0.717, 1.165) is 12.5 Å². The molecule has 0 aromatic heterocycles. The molecule has 0 amide bonds. The van der Waals surface area contributed by atoms with E-state index >= 15 is 0 Å². The Morgan fingerprint density at radius 1 is 1.29 bits per heavy atom. The predicted molar refractivity (Wildman–Crippen MR) is 77.7 cm³/mol. The van der Waals surface area contributed by atoms with Gasteiger partial charge in [-0.25, -0.2) is 0 Å². The average Bonchev–Trinajstić information content (AvgIpc) is 2.58. The molecule has 0 radical (unpaired) electrons. The number of hydrogen-bond acceptors (Lipinski definition) is 2. The molecular weight excluding hydrogens is 226 g/mol. The highest BCUT2D eigenvalue weighted by molar-refractivity contribution is 7.99. The van der Waals surface area contributed by atoms with Gasteiger partial charge in [-0.05, 0) is 42.2 Å². The van der Waals surface area contributed by atoms with Gasteiger partial charge in [0.05, 0.1) is 0 Å². The van der Waals surface area contributed by atoms with Crippen molar-refractivity contribution >= 4 is 11.8 Å². The molecule has 0 spiro atoms. The molecule has 1 aromatic carbocycles. The van der Waals surface area contributed by atoms with E-state index in [2.05, 4.69) is 55.2 Å². The highest BCUT2D eigenvalue weighted by Gasteiger charge is 2.13. The fraction of sp³-hybridized carbons (Fsp3) is 0.600. The summed E-state index contributed by atoms with van der Waals surface area (Å²) in [4.78, 5) is 0. The van der Waals surface area contributed by atoms with Crippen LogP contribution in [0.2, 0.25) is 0 Å². The Hall–Kier alpha value is -0.470. The molecule has 1 nitrogen and oxygen atoms in total. The van der Waals surface area contributed by atoms with Crippen molar-refractivity contribution in [3.05, 3.63) is 35.4 Å². The predicted octanol–water partition coefficient (Wildman–Crippen LogP) is 3.65. The van der Waals surface area contributed by atoms with Crippen molar-refractivity contribution in [2.24, 2.45) is 5.92 Å². The molecule has 1 aliphatic heterocycles. The SMILES string of the molecule is CC(C)Cc1ccc(C2CSCCCN2)cc1. The molecule has 1 unspecified atom stereocenters. The monoisotopic (exact) mass is 249 g/mol. The van der Waals surface area contributed by atoms with Crippen LogP contribution in [0, 0.1) is 5.92 Å². The fourth-order valence-corrected chi connectivity index (χ4v) is 3.34. The van der Waals surface area contributed by atoms with Gasteiger partial charge in [-0.3, -0.25) is 0 Å². The van der Waals surface area contributed by atoms with Crippen LogP contribution < -0.4 is 5.32 Å². The van der Waals surface area contributed by atoms with E-state index in [9.17, 15) is 0 Å². The van der Waals surface area contributed by atoms with Crippen molar-refractivity contribution in [3.8, 4) is 0 Å². The standard InChI is InChI=1S/C15H23NS/c1-12(2)10-13-4-6-14(7-5-13)15-11-17-9-3-8-16-15/h4-7,12,15-16H,3,8-11H2,1-2H3. The van der Waals surface area contributed by atoms with Crippen molar-refractivity contribution in [1.82, 2.24) is 5.32 Å². The highest BCUT2D eigenvalue weighted by atomic mass is 32.2. The summed E-state index contributed by atoms with van der Waals surface area (Å²) in [5.74, 6) is 3.26. The smallest absolute Gasteiger partial charge is 0.0411 e. The van der Waals surface area contributed by atoms with E-state index in [4.69, 9.17) is 0 Å². The number of hydrogen-bond donors (Lipinski definition) is 1. The van der Waals surface area contributed by atoms with Crippen LogP contribution in [0.1, 0.15) is 37.4 Å². The summed E-state index contributed by atoms with van der Waals surface area (Å²) >= 11 is 2.07. The van der Waals surface area contributed by atoms with Gasteiger partial charge in [0.2, 0.25) is 0 Å². The minimum absolute atomic E-state index is 0.551. The van der Waals surface area contributed by atoms with Crippen LogP contribution in [0.15, 0.2) is 24.3 Å². The third-order valence-corrected chi connectivity index (χ3v) is 4.31. The zero-order chi connectivity index (χ0) is 12.1. The number of rotatable bonds is 3. The normalized spacial score (nSPS) is 21.5. The second-order valence-electron chi connectivity index (χ2n) is 5.27. The molecule has 1 atom stereocenters. The Morgan fingerprint density at radius 3 is 2.76 bits per heavy atom. The first-order chi connectivity index (χ1) is 8.25. The van der Waals surface area contributed by atoms with Gasteiger partial charge in [0.25, 0.3) is 0 Å². The number of nitrogens with one attached hydrogen (secondary N) is 1. The number of benzene rings is 1. The van der Waals surface area contributed by atoms with Crippen LogP contribution in [-0.2, 0) is 6.42 Å². The minimum atomic E-state index is 0.551. The molecule has 94 valence electrons. The maximum atomic E-state index is 3.64. The Morgan fingerprint density at radius 2 is 2.06 bits per heavy atom. The van der Waals surface area contributed by atoms with Crippen molar-refractivity contribution in [1.29, 1.82) is 0 Å². The lowest BCUT2D eigenvalue weighted by atomic mass is 10.00. The lowest BCUT2D eigenvalue weighted by molar-refractivity contribution is 0.589. The van der Waals surface area contributed by atoms with E-state index in [-0.39, 0.29) is 0 Å². The summed E-state index contributed by atoms with van der Waals surface area (Å²) in [6.07, 6.45) is 2.49.